The van der Waals surface area contributed by atoms with Crippen molar-refractivity contribution < 1.29 is 9.59 Å². The van der Waals surface area contributed by atoms with Crippen LogP contribution >= 0.6 is 11.6 Å². The van der Waals surface area contributed by atoms with Gasteiger partial charge < -0.3 is 16.0 Å². The van der Waals surface area contributed by atoms with E-state index in [0.717, 1.165) is 0 Å². The van der Waals surface area contributed by atoms with E-state index in [9.17, 15) is 9.59 Å². The van der Waals surface area contributed by atoms with Crippen molar-refractivity contribution in [3.8, 4) is 6.07 Å². The lowest BCUT2D eigenvalue weighted by Crippen LogP contribution is -2.30. The molecule has 0 bridgehead atoms. The second-order valence-electron chi connectivity index (χ2n) is 3.05. The zero-order valence-corrected chi connectivity index (χ0v) is 10.3. The van der Waals surface area contributed by atoms with E-state index in [-0.39, 0.29) is 11.5 Å². The van der Waals surface area contributed by atoms with Crippen molar-refractivity contribution in [1.29, 1.82) is 5.26 Å². The van der Waals surface area contributed by atoms with Gasteiger partial charge in [-0.05, 0) is 0 Å². The van der Waals surface area contributed by atoms with Gasteiger partial charge in [0, 0.05) is 38.6 Å². The van der Waals surface area contributed by atoms with Crippen LogP contribution in [0, 0.1) is 11.3 Å². The van der Waals surface area contributed by atoms with E-state index in [1.165, 1.54) is 13.1 Å². The summed E-state index contributed by atoms with van der Waals surface area (Å²) in [5.41, 5.74) is -0.0297. The van der Waals surface area contributed by atoms with Crippen molar-refractivity contribution in [2.45, 2.75) is 6.92 Å². The van der Waals surface area contributed by atoms with Crippen molar-refractivity contribution in [3.63, 3.8) is 0 Å². The Balaban J connectivity index is 3.97. The highest BCUT2D eigenvalue weighted by Gasteiger charge is 2.06. The molecule has 6 nitrogen and oxygen atoms in total. The van der Waals surface area contributed by atoms with E-state index in [4.69, 9.17) is 16.9 Å². The summed E-state index contributed by atoms with van der Waals surface area (Å²) < 4.78 is 0. The van der Waals surface area contributed by atoms with Gasteiger partial charge in [0.1, 0.15) is 11.6 Å². The minimum atomic E-state index is -0.472. The fraction of sp³-hybridized carbons (Fsp3) is 0.500. The molecule has 0 aromatic rings. The Labute approximate surface area is 105 Å². The third-order valence-electron chi connectivity index (χ3n) is 1.63. The van der Waals surface area contributed by atoms with Gasteiger partial charge in [-0.15, -0.1) is 11.6 Å². The minimum absolute atomic E-state index is 0.0297. The predicted molar refractivity (Wildman–Crippen MR) is 64.1 cm³/mol. The number of carbonyl (C=O) groups is 2. The second-order valence-corrected chi connectivity index (χ2v) is 3.43. The summed E-state index contributed by atoms with van der Waals surface area (Å²) in [5.74, 6) is -0.309. The second kappa shape index (κ2) is 9.48. The first-order valence-electron chi connectivity index (χ1n) is 5.04. The summed E-state index contributed by atoms with van der Waals surface area (Å²) in [5, 5.41) is 16.5. The molecule has 0 aliphatic rings. The van der Waals surface area contributed by atoms with Crippen molar-refractivity contribution in [3.05, 3.63) is 11.8 Å². The summed E-state index contributed by atoms with van der Waals surface area (Å²) in [7, 11) is 0. The molecule has 0 atom stereocenters. The topological polar surface area (TPSA) is 94.0 Å². The molecule has 0 spiro atoms. The van der Waals surface area contributed by atoms with Crippen molar-refractivity contribution >= 4 is 23.4 Å². The van der Waals surface area contributed by atoms with Crippen molar-refractivity contribution in [2.75, 3.05) is 25.5 Å². The Hall–Kier alpha value is -1.74. The van der Waals surface area contributed by atoms with E-state index >= 15 is 0 Å². The Bertz CT molecular complexity index is 336. The third-order valence-corrected chi connectivity index (χ3v) is 1.82. The highest BCUT2D eigenvalue weighted by molar-refractivity contribution is 6.18. The summed E-state index contributed by atoms with van der Waals surface area (Å²) in [6.45, 7) is 2.59. The summed E-state index contributed by atoms with van der Waals surface area (Å²) in [4.78, 5) is 21.9. The maximum Gasteiger partial charge on any atom is 0.263 e. The van der Waals surface area contributed by atoms with Gasteiger partial charge in [0.15, 0.2) is 0 Å². The van der Waals surface area contributed by atoms with Gasteiger partial charge in [0.2, 0.25) is 5.91 Å². The number of nitrogens with one attached hydrogen (secondary N) is 3. The molecule has 0 heterocycles. The van der Waals surface area contributed by atoms with Crippen LogP contribution in [-0.2, 0) is 9.59 Å². The normalized spacial score (nSPS) is 10.3. The molecule has 17 heavy (non-hydrogen) atoms. The van der Waals surface area contributed by atoms with E-state index < -0.39 is 5.91 Å². The minimum Gasteiger partial charge on any atom is -0.388 e. The number of alkyl halides is 1. The summed E-state index contributed by atoms with van der Waals surface area (Å²) in [6, 6.07) is 1.77. The number of carbonyl (C=O) groups excluding carboxylic acids is 2. The molecular formula is C10H15ClN4O2. The van der Waals surface area contributed by atoms with Gasteiger partial charge in [-0.1, -0.05) is 0 Å². The van der Waals surface area contributed by atoms with Crippen LogP contribution < -0.4 is 16.0 Å². The average molecular weight is 259 g/mol. The standard InChI is InChI=1S/C10H15ClN4O2/c1-8(16)14-5-4-13-7-9(6-12)10(17)15-3-2-11/h7,13H,2-5H2,1H3,(H,14,16)(H,15,17)/b9-7-. The van der Waals surface area contributed by atoms with Gasteiger partial charge in [-0.3, -0.25) is 9.59 Å². The lowest BCUT2D eigenvalue weighted by molar-refractivity contribution is -0.119. The number of hydrogen-bond acceptors (Lipinski definition) is 4. The molecule has 3 N–H and O–H groups in total. The maximum atomic E-state index is 11.3. The monoisotopic (exact) mass is 258 g/mol. The molecule has 0 aromatic carbocycles. The average Bonchev–Trinajstić information content (AvgIpc) is 2.30. The van der Waals surface area contributed by atoms with Crippen molar-refractivity contribution in [2.24, 2.45) is 0 Å². The van der Waals surface area contributed by atoms with Gasteiger partial charge >= 0.3 is 0 Å². The fourth-order valence-corrected chi connectivity index (χ4v) is 0.984. The van der Waals surface area contributed by atoms with Gasteiger partial charge in [-0.25, -0.2) is 0 Å². The Kier molecular flexibility index (Phi) is 8.51. The molecule has 94 valence electrons. The first kappa shape index (κ1) is 15.3. The zero-order chi connectivity index (χ0) is 13.1. The number of amides is 2. The zero-order valence-electron chi connectivity index (χ0n) is 9.55. The van der Waals surface area contributed by atoms with Crippen LogP contribution in [0.2, 0.25) is 0 Å². The highest BCUT2D eigenvalue weighted by atomic mass is 35.5. The third kappa shape index (κ3) is 8.11. The smallest absolute Gasteiger partial charge is 0.263 e. The first-order valence-corrected chi connectivity index (χ1v) is 5.57. The van der Waals surface area contributed by atoms with Crippen LogP contribution in [0.3, 0.4) is 0 Å². The first-order chi connectivity index (χ1) is 8.11. The fourth-order valence-electron chi connectivity index (χ4n) is 0.890. The van der Waals surface area contributed by atoms with Crippen LogP contribution in [0.1, 0.15) is 6.92 Å². The maximum absolute atomic E-state index is 11.3. The summed E-state index contributed by atoms with van der Waals surface area (Å²) >= 11 is 5.40. The lowest BCUT2D eigenvalue weighted by Gasteiger charge is -2.04. The molecule has 0 aliphatic heterocycles. The molecule has 0 fully saturated rings. The van der Waals surface area contributed by atoms with Crippen LogP contribution in [0.4, 0.5) is 0 Å². The Morgan fingerprint density at radius 2 is 2.00 bits per heavy atom. The summed E-state index contributed by atoms with van der Waals surface area (Å²) in [6.07, 6.45) is 1.31. The van der Waals surface area contributed by atoms with E-state index in [2.05, 4.69) is 16.0 Å². The highest BCUT2D eigenvalue weighted by Crippen LogP contribution is 1.89. The molecule has 0 radical (unpaired) electrons. The van der Waals surface area contributed by atoms with Crippen LogP contribution in [0.15, 0.2) is 11.8 Å². The number of nitriles is 1. The lowest BCUT2D eigenvalue weighted by atomic mass is 10.3. The van der Waals surface area contributed by atoms with Crippen LogP contribution in [0.5, 0.6) is 0 Å². The number of nitrogens with zero attached hydrogens (tertiary/aromatic N) is 1. The largest absolute Gasteiger partial charge is 0.388 e. The number of hydrogen-bond donors (Lipinski definition) is 3. The SMILES string of the molecule is CC(=O)NCCN/C=C(/C#N)C(=O)NCCCl. The number of halogens is 1. The molecule has 0 aromatic heterocycles. The van der Waals surface area contributed by atoms with Gasteiger partial charge in [0.05, 0.1) is 0 Å². The van der Waals surface area contributed by atoms with E-state index in [1.807, 2.05) is 0 Å². The van der Waals surface area contributed by atoms with Gasteiger partial charge in [0.25, 0.3) is 5.91 Å². The predicted octanol–water partition coefficient (Wildman–Crippen LogP) is -0.525. The van der Waals surface area contributed by atoms with Gasteiger partial charge in [-0.2, -0.15) is 5.26 Å². The molecule has 0 saturated heterocycles. The molecule has 2 amide bonds. The van der Waals surface area contributed by atoms with Crippen LogP contribution in [-0.4, -0.2) is 37.3 Å². The van der Waals surface area contributed by atoms with Crippen molar-refractivity contribution in [1.82, 2.24) is 16.0 Å². The van der Waals surface area contributed by atoms with E-state index in [0.29, 0.717) is 25.5 Å². The quantitative estimate of drug-likeness (QED) is 0.248. The van der Waals surface area contributed by atoms with E-state index in [1.54, 1.807) is 6.07 Å². The molecule has 0 aliphatic carbocycles. The Morgan fingerprint density at radius 3 is 2.53 bits per heavy atom. The molecule has 0 rings (SSSR count). The number of rotatable bonds is 7. The molecule has 0 unspecified atom stereocenters. The molecule has 7 heteroatoms. The molecule has 0 saturated carbocycles. The molecular weight excluding hydrogens is 244 g/mol. The van der Waals surface area contributed by atoms with Crippen LogP contribution in [0.25, 0.3) is 0 Å². The Morgan fingerprint density at radius 1 is 1.29 bits per heavy atom.